The number of aldehydes is 1. The average Bonchev–Trinajstić information content (AvgIpc) is 2.17. The first-order valence-corrected chi connectivity index (χ1v) is 4.89. The summed E-state index contributed by atoms with van der Waals surface area (Å²) in [5, 5.41) is 0. The molecule has 0 amide bonds. The Morgan fingerprint density at radius 3 is 2.77 bits per heavy atom. The molecule has 0 radical (unpaired) electrons. The van der Waals surface area contributed by atoms with Gasteiger partial charge < -0.3 is 14.3 Å². The number of unbranched alkanes of at least 4 members (excludes halogenated alkanes) is 1. The third kappa shape index (κ3) is 7.94. The van der Waals surface area contributed by atoms with Gasteiger partial charge in [0.1, 0.15) is 6.29 Å². The van der Waals surface area contributed by atoms with E-state index in [0.717, 1.165) is 32.2 Å². The van der Waals surface area contributed by atoms with E-state index in [1.54, 1.807) is 7.11 Å². The zero-order valence-corrected chi connectivity index (χ0v) is 8.62. The van der Waals surface area contributed by atoms with Gasteiger partial charge in [0.2, 0.25) is 0 Å². The fourth-order valence-electron chi connectivity index (χ4n) is 0.984. The largest absolute Gasteiger partial charge is 0.379 e. The number of ether oxygens (including phenoxy) is 2. The lowest BCUT2D eigenvalue weighted by atomic mass is 10.2. The predicted molar refractivity (Wildman–Crippen MR) is 51.8 cm³/mol. The molecule has 0 aliphatic carbocycles. The van der Waals surface area contributed by atoms with E-state index in [4.69, 9.17) is 9.47 Å². The van der Waals surface area contributed by atoms with Crippen LogP contribution in [0.15, 0.2) is 0 Å². The highest BCUT2D eigenvalue weighted by Gasteiger charge is 2.05. The summed E-state index contributed by atoms with van der Waals surface area (Å²) in [5.41, 5.74) is 0. The summed E-state index contributed by atoms with van der Waals surface area (Å²) in [7, 11) is 1.65. The SMILES string of the molecule is CCCCOC[C@H](CCC=O)OC. The first-order valence-electron chi connectivity index (χ1n) is 4.89. The quantitative estimate of drug-likeness (QED) is 0.409. The van der Waals surface area contributed by atoms with Crippen LogP contribution in [0.25, 0.3) is 0 Å². The second-order valence-corrected chi connectivity index (χ2v) is 3.03. The molecule has 0 N–H and O–H groups in total. The van der Waals surface area contributed by atoms with Gasteiger partial charge in [-0.25, -0.2) is 0 Å². The van der Waals surface area contributed by atoms with E-state index in [9.17, 15) is 4.79 Å². The van der Waals surface area contributed by atoms with Crippen molar-refractivity contribution in [1.29, 1.82) is 0 Å². The summed E-state index contributed by atoms with van der Waals surface area (Å²) >= 11 is 0. The Morgan fingerprint density at radius 1 is 1.46 bits per heavy atom. The predicted octanol–water partition coefficient (Wildman–Crippen LogP) is 1.80. The van der Waals surface area contributed by atoms with Crippen LogP contribution >= 0.6 is 0 Å². The van der Waals surface area contributed by atoms with Crippen LogP contribution in [0.3, 0.4) is 0 Å². The molecule has 0 aromatic heterocycles. The molecule has 78 valence electrons. The Labute approximate surface area is 80.4 Å². The van der Waals surface area contributed by atoms with Crippen molar-refractivity contribution < 1.29 is 14.3 Å². The van der Waals surface area contributed by atoms with Crippen molar-refractivity contribution in [3.63, 3.8) is 0 Å². The molecular weight excluding hydrogens is 168 g/mol. The molecule has 0 heterocycles. The zero-order valence-electron chi connectivity index (χ0n) is 8.62. The number of methoxy groups -OCH3 is 1. The second-order valence-electron chi connectivity index (χ2n) is 3.03. The van der Waals surface area contributed by atoms with Crippen molar-refractivity contribution in [1.82, 2.24) is 0 Å². The highest BCUT2D eigenvalue weighted by atomic mass is 16.5. The lowest BCUT2D eigenvalue weighted by molar-refractivity contribution is -0.108. The Morgan fingerprint density at radius 2 is 2.23 bits per heavy atom. The van der Waals surface area contributed by atoms with E-state index in [1.807, 2.05) is 0 Å². The van der Waals surface area contributed by atoms with Crippen LogP contribution in [0, 0.1) is 0 Å². The van der Waals surface area contributed by atoms with Crippen molar-refractivity contribution in [3.8, 4) is 0 Å². The van der Waals surface area contributed by atoms with Gasteiger partial charge in [-0.15, -0.1) is 0 Å². The monoisotopic (exact) mass is 188 g/mol. The summed E-state index contributed by atoms with van der Waals surface area (Å²) in [5.74, 6) is 0. The maximum absolute atomic E-state index is 10.1. The van der Waals surface area contributed by atoms with Gasteiger partial charge in [0.05, 0.1) is 12.7 Å². The fraction of sp³-hybridized carbons (Fsp3) is 0.900. The highest BCUT2D eigenvalue weighted by Crippen LogP contribution is 2.01. The molecule has 0 aromatic rings. The maximum Gasteiger partial charge on any atom is 0.120 e. The number of carbonyl (C=O) groups is 1. The van der Waals surface area contributed by atoms with Crippen LogP contribution in [-0.2, 0) is 14.3 Å². The van der Waals surface area contributed by atoms with Gasteiger partial charge in [-0.3, -0.25) is 0 Å². The molecular formula is C10H20O3. The lowest BCUT2D eigenvalue weighted by Crippen LogP contribution is -2.18. The van der Waals surface area contributed by atoms with E-state index >= 15 is 0 Å². The Bertz CT molecular complexity index is 115. The summed E-state index contributed by atoms with van der Waals surface area (Å²) in [6, 6.07) is 0. The minimum absolute atomic E-state index is 0.0713. The van der Waals surface area contributed by atoms with Crippen LogP contribution in [0.5, 0.6) is 0 Å². The number of hydrogen-bond acceptors (Lipinski definition) is 3. The van der Waals surface area contributed by atoms with E-state index in [0.29, 0.717) is 13.0 Å². The van der Waals surface area contributed by atoms with Crippen LogP contribution < -0.4 is 0 Å². The molecule has 0 spiro atoms. The molecule has 3 heteroatoms. The fourth-order valence-corrected chi connectivity index (χ4v) is 0.984. The minimum Gasteiger partial charge on any atom is -0.379 e. The normalized spacial score (nSPS) is 12.8. The van der Waals surface area contributed by atoms with Crippen LogP contribution in [0.1, 0.15) is 32.6 Å². The molecule has 0 unspecified atom stereocenters. The number of hydrogen-bond donors (Lipinski definition) is 0. The summed E-state index contributed by atoms with van der Waals surface area (Å²) in [6.45, 7) is 3.52. The molecule has 13 heavy (non-hydrogen) atoms. The van der Waals surface area contributed by atoms with E-state index in [-0.39, 0.29) is 6.10 Å². The molecule has 0 rings (SSSR count). The van der Waals surface area contributed by atoms with Crippen molar-refractivity contribution in [2.45, 2.75) is 38.7 Å². The van der Waals surface area contributed by atoms with Gasteiger partial charge in [-0.05, 0) is 12.8 Å². The van der Waals surface area contributed by atoms with Crippen molar-refractivity contribution in [2.75, 3.05) is 20.3 Å². The highest BCUT2D eigenvalue weighted by molar-refractivity contribution is 5.49. The van der Waals surface area contributed by atoms with Crippen LogP contribution in [0.4, 0.5) is 0 Å². The molecule has 3 nitrogen and oxygen atoms in total. The summed E-state index contributed by atoms with van der Waals surface area (Å²) < 4.78 is 10.5. The van der Waals surface area contributed by atoms with Crippen molar-refractivity contribution in [3.05, 3.63) is 0 Å². The van der Waals surface area contributed by atoms with E-state index in [2.05, 4.69) is 6.92 Å². The number of rotatable bonds is 9. The molecule has 0 saturated heterocycles. The molecule has 0 aromatic carbocycles. The Hall–Kier alpha value is -0.410. The van der Waals surface area contributed by atoms with E-state index < -0.39 is 0 Å². The summed E-state index contributed by atoms with van der Waals surface area (Å²) in [6.07, 6.45) is 4.53. The molecule has 0 bridgehead atoms. The third-order valence-corrected chi connectivity index (χ3v) is 1.89. The molecule has 0 fully saturated rings. The molecule has 0 aliphatic rings. The molecule has 0 aliphatic heterocycles. The van der Waals surface area contributed by atoms with Gasteiger partial charge in [0, 0.05) is 20.1 Å². The smallest absolute Gasteiger partial charge is 0.120 e. The minimum atomic E-state index is 0.0713. The Kier molecular flexibility index (Phi) is 9.37. The van der Waals surface area contributed by atoms with Gasteiger partial charge in [0.25, 0.3) is 0 Å². The molecule has 0 saturated carbocycles. The summed E-state index contributed by atoms with van der Waals surface area (Å²) in [4.78, 5) is 10.1. The first kappa shape index (κ1) is 12.6. The lowest BCUT2D eigenvalue weighted by Gasteiger charge is -2.13. The van der Waals surface area contributed by atoms with Gasteiger partial charge in [0.15, 0.2) is 0 Å². The number of carbonyl (C=O) groups excluding carboxylic acids is 1. The average molecular weight is 188 g/mol. The zero-order chi connectivity index (χ0) is 9.94. The third-order valence-electron chi connectivity index (χ3n) is 1.89. The van der Waals surface area contributed by atoms with Crippen molar-refractivity contribution in [2.24, 2.45) is 0 Å². The first-order chi connectivity index (χ1) is 6.35. The van der Waals surface area contributed by atoms with Gasteiger partial charge >= 0.3 is 0 Å². The standard InChI is InChI=1S/C10H20O3/c1-3-4-8-13-9-10(12-2)6-5-7-11/h7,10H,3-6,8-9H2,1-2H3/t10-/m0/s1. The topological polar surface area (TPSA) is 35.5 Å². The Balaban J connectivity index is 3.30. The van der Waals surface area contributed by atoms with Gasteiger partial charge in [-0.2, -0.15) is 0 Å². The van der Waals surface area contributed by atoms with E-state index in [1.165, 1.54) is 0 Å². The van der Waals surface area contributed by atoms with Gasteiger partial charge in [-0.1, -0.05) is 13.3 Å². The second kappa shape index (κ2) is 9.68. The molecule has 1 atom stereocenters. The van der Waals surface area contributed by atoms with Crippen molar-refractivity contribution >= 4 is 6.29 Å². The van der Waals surface area contributed by atoms with Crippen LogP contribution in [0.2, 0.25) is 0 Å². The van der Waals surface area contributed by atoms with Crippen LogP contribution in [-0.4, -0.2) is 32.7 Å². The maximum atomic E-state index is 10.1.